The van der Waals surface area contributed by atoms with Crippen molar-refractivity contribution in [1.29, 1.82) is 0 Å². The maximum Gasteiger partial charge on any atom is 0.337 e. The third-order valence-electron chi connectivity index (χ3n) is 2.84. The first-order valence-corrected chi connectivity index (χ1v) is 5.63. The number of benzene rings is 1. The molecule has 1 aromatic carbocycles. The molecule has 2 aromatic heterocycles. The van der Waals surface area contributed by atoms with Crippen molar-refractivity contribution < 1.29 is 19.4 Å². The van der Waals surface area contributed by atoms with Gasteiger partial charge in [-0.2, -0.15) is 0 Å². The van der Waals surface area contributed by atoms with Gasteiger partial charge in [0.1, 0.15) is 11.6 Å². The third-order valence-corrected chi connectivity index (χ3v) is 2.84. The minimum absolute atomic E-state index is 0.0396. The van der Waals surface area contributed by atoms with Gasteiger partial charge in [-0.15, -0.1) is 10.2 Å². The van der Waals surface area contributed by atoms with Gasteiger partial charge >= 0.3 is 5.97 Å². The van der Waals surface area contributed by atoms with E-state index in [0.717, 1.165) is 6.07 Å². The molecular formula is C13H8FN3O3. The Morgan fingerprint density at radius 2 is 2.00 bits per heavy atom. The molecule has 0 aliphatic rings. The Morgan fingerprint density at radius 1 is 1.20 bits per heavy atom. The summed E-state index contributed by atoms with van der Waals surface area (Å²) < 4.78 is 15.2. The SMILES string of the molecule is O=C(O)c1ccc2nnc(-c3ccc(O)cc3F)n2c1. The molecule has 0 saturated carbocycles. The highest BCUT2D eigenvalue weighted by atomic mass is 19.1. The first-order valence-electron chi connectivity index (χ1n) is 5.63. The molecule has 0 spiro atoms. The zero-order valence-electron chi connectivity index (χ0n) is 9.99. The maximum absolute atomic E-state index is 13.8. The third kappa shape index (κ3) is 1.85. The number of aromatic carboxylic acids is 1. The minimum Gasteiger partial charge on any atom is -0.508 e. The molecule has 0 bridgehead atoms. The van der Waals surface area contributed by atoms with Gasteiger partial charge in [0, 0.05) is 12.3 Å². The minimum atomic E-state index is -1.10. The fraction of sp³-hybridized carbons (Fsp3) is 0. The van der Waals surface area contributed by atoms with Crippen LogP contribution < -0.4 is 0 Å². The number of aromatic nitrogens is 3. The first-order chi connectivity index (χ1) is 9.56. The van der Waals surface area contributed by atoms with E-state index in [1.54, 1.807) is 0 Å². The summed E-state index contributed by atoms with van der Waals surface area (Å²) in [7, 11) is 0. The number of phenolic OH excluding ortho intramolecular Hbond substituents is 1. The van der Waals surface area contributed by atoms with E-state index in [-0.39, 0.29) is 22.7 Å². The molecule has 2 N–H and O–H groups in total. The number of carboxylic acids is 1. The number of fused-ring (bicyclic) bond motifs is 1. The van der Waals surface area contributed by atoms with Crippen molar-refractivity contribution in [2.24, 2.45) is 0 Å². The summed E-state index contributed by atoms with van der Waals surface area (Å²) in [5.74, 6) is -1.80. The van der Waals surface area contributed by atoms with E-state index in [9.17, 15) is 14.3 Å². The molecule has 0 amide bonds. The number of hydrogen-bond donors (Lipinski definition) is 2. The van der Waals surface area contributed by atoms with Crippen molar-refractivity contribution in [3.8, 4) is 17.1 Å². The van der Waals surface area contributed by atoms with Gasteiger partial charge < -0.3 is 10.2 Å². The van der Waals surface area contributed by atoms with Gasteiger partial charge in [0.2, 0.25) is 0 Å². The average molecular weight is 273 g/mol. The van der Waals surface area contributed by atoms with Crippen molar-refractivity contribution in [3.05, 3.63) is 47.9 Å². The summed E-state index contributed by atoms with van der Waals surface area (Å²) in [6.45, 7) is 0. The van der Waals surface area contributed by atoms with Crippen LogP contribution >= 0.6 is 0 Å². The molecule has 3 rings (SSSR count). The lowest BCUT2D eigenvalue weighted by molar-refractivity contribution is 0.0696. The second-order valence-corrected chi connectivity index (χ2v) is 4.14. The molecule has 0 radical (unpaired) electrons. The highest BCUT2D eigenvalue weighted by molar-refractivity contribution is 5.87. The van der Waals surface area contributed by atoms with Crippen LogP contribution in [0, 0.1) is 5.82 Å². The second kappa shape index (κ2) is 4.30. The average Bonchev–Trinajstić information content (AvgIpc) is 2.81. The van der Waals surface area contributed by atoms with Gasteiger partial charge in [0.05, 0.1) is 11.1 Å². The van der Waals surface area contributed by atoms with Crippen molar-refractivity contribution in [1.82, 2.24) is 14.6 Å². The fourth-order valence-electron chi connectivity index (χ4n) is 1.89. The van der Waals surface area contributed by atoms with Crippen LogP contribution in [0.15, 0.2) is 36.5 Å². The first kappa shape index (κ1) is 12.1. The summed E-state index contributed by atoms with van der Waals surface area (Å²) in [6, 6.07) is 6.51. The Morgan fingerprint density at radius 3 is 2.70 bits per heavy atom. The van der Waals surface area contributed by atoms with Gasteiger partial charge in [-0.05, 0) is 24.3 Å². The van der Waals surface area contributed by atoms with E-state index in [4.69, 9.17) is 5.11 Å². The predicted octanol–water partition coefficient (Wildman–Crippen LogP) is 1.94. The van der Waals surface area contributed by atoms with Crippen LogP contribution in [0.5, 0.6) is 5.75 Å². The lowest BCUT2D eigenvalue weighted by Crippen LogP contribution is -2.00. The Hall–Kier alpha value is -2.96. The van der Waals surface area contributed by atoms with Gasteiger partial charge in [-0.3, -0.25) is 4.40 Å². The number of hydrogen-bond acceptors (Lipinski definition) is 4. The number of phenols is 1. The zero-order chi connectivity index (χ0) is 14.3. The van der Waals surface area contributed by atoms with Crippen LogP contribution in [0.2, 0.25) is 0 Å². The van der Waals surface area contributed by atoms with Crippen molar-refractivity contribution >= 4 is 11.6 Å². The zero-order valence-corrected chi connectivity index (χ0v) is 9.99. The van der Waals surface area contributed by atoms with E-state index in [0.29, 0.717) is 5.65 Å². The summed E-state index contributed by atoms with van der Waals surface area (Å²) in [6.07, 6.45) is 1.32. The quantitative estimate of drug-likeness (QED) is 0.745. The van der Waals surface area contributed by atoms with Crippen molar-refractivity contribution in [2.45, 2.75) is 0 Å². The highest BCUT2D eigenvalue weighted by Crippen LogP contribution is 2.25. The molecule has 0 atom stereocenters. The van der Waals surface area contributed by atoms with Gasteiger partial charge in [0.15, 0.2) is 11.5 Å². The van der Waals surface area contributed by atoms with Gasteiger partial charge in [-0.1, -0.05) is 0 Å². The molecule has 0 fully saturated rings. The Labute approximate surface area is 111 Å². The summed E-state index contributed by atoms with van der Waals surface area (Å²) in [5, 5.41) is 25.9. The van der Waals surface area contributed by atoms with E-state index in [2.05, 4.69) is 10.2 Å². The lowest BCUT2D eigenvalue weighted by atomic mass is 10.2. The molecular weight excluding hydrogens is 265 g/mol. The summed E-state index contributed by atoms with van der Waals surface area (Å²) >= 11 is 0. The number of carbonyl (C=O) groups is 1. The predicted molar refractivity (Wildman–Crippen MR) is 67.0 cm³/mol. The smallest absolute Gasteiger partial charge is 0.337 e. The molecule has 0 saturated heterocycles. The molecule has 20 heavy (non-hydrogen) atoms. The van der Waals surface area contributed by atoms with E-state index >= 15 is 0 Å². The van der Waals surface area contributed by atoms with Crippen molar-refractivity contribution in [2.75, 3.05) is 0 Å². The molecule has 3 aromatic rings. The van der Waals surface area contributed by atoms with Crippen LogP contribution in [0.1, 0.15) is 10.4 Å². The largest absolute Gasteiger partial charge is 0.508 e. The fourth-order valence-corrected chi connectivity index (χ4v) is 1.89. The highest BCUT2D eigenvalue weighted by Gasteiger charge is 2.14. The summed E-state index contributed by atoms with van der Waals surface area (Å²) in [4.78, 5) is 11.0. The maximum atomic E-state index is 13.8. The van der Waals surface area contributed by atoms with Gasteiger partial charge in [-0.25, -0.2) is 9.18 Å². The second-order valence-electron chi connectivity index (χ2n) is 4.14. The molecule has 0 aliphatic heterocycles. The van der Waals surface area contributed by atoms with Crippen LogP contribution in [-0.4, -0.2) is 30.8 Å². The Bertz CT molecular complexity index is 829. The lowest BCUT2D eigenvalue weighted by Gasteiger charge is -2.03. The number of aromatic hydroxyl groups is 1. The summed E-state index contributed by atoms with van der Waals surface area (Å²) in [5.41, 5.74) is 0.563. The standard InChI is InChI=1S/C13H8FN3O3/c14-10-5-8(18)2-3-9(10)12-16-15-11-4-1-7(13(19)20)6-17(11)12/h1-6,18H,(H,19,20). The van der Waals surface area contributed by atoms with E-state index in [1.165, 1.54) is 34.9 Å². The molecule has 100 valence electrons. The van der Waals surface area contributed by atoms with Crippen molar-refractivity contribution in [3.63, 3.8) is 0 Å². The molecule has 0 unspecified atom stereocenters. The number of nitrogens with zero attached hydrogens (tertiary/aromatic N) is 3. The number of halogens is 1. The van der Waals surface area contributed by atoms with Crippen LogP contribution in [0.4, 0.5) is 4.39 Å². The Kier molecular flexibility index (Phi) is 2.60. The topological polar surface area (TPSA) is 87.7 Å². The Balaban J connectivity index is 2.25. The number of rotatable bonds is 2. The molecule has 7 heteroatoms. The molecule has 2 heterocycles. The number of carboxylic acid groups (broad SMARTS) is 1. The van der Waals surface area contributed by atoms with Crippen LogP contribution in [-0.2, 0) is 0 Å². The van der Waals surface area contributed by atoms with E-state index < -0.39 is 11.8 Å². The van der Waals surface area contributed by atoms with Crippen LogP contribution in [0.3, 0.4) is 0 Å². The van der Waals surface area contributed by atoms with Crippen LogP contribution in [0.25, 0.3) is 17.0 Å². The molecule has 6 nitrogen and oxygen atoms in total. The van der Waals surface area contributed by atoms with E-state index in [1.807, 2.05) is 0 Å². The van der Waals surface area contributed by atoms with Gasteiger partial charge in [0.25, 0.3) is 0 Å². The normalized spacial score (nSPS) is 10.8. The number of pyridine rings is 1. The monoisotopic (exact) mass is 273 g/mol. The molecule has 0 aliphatic carbocycles.